The molecule has 2 aromatic carbocycles. The van der Waals surface area contributed by atoms with Crippen LogP contribution in [0.4, 0.5) is 10.5 Å². The highest BCUT2D eigenvalue weighted by Gasteiger charge is 2.53. The fourth-order valence-corrected chi connectivity index (χ4v) is 5.43. The zero-order valence-electron chi connectivity index (χ0n) is 19.0. The van der Waals surface area contributed by atoms with Crippen LogP contribution in [0.2, 0.25) is 0 Å². The largest absolute Gasteiger partial charge is 0.501 e. The number of imide groups is 1. The number of methoxy groups -OCH3 is 2. The van der Waals surface area contributed by atoms with Gasteiger partial charge in [-0.15, -0.1) is 11.8 Å². The zero-order chi connectivity index (χ0) is 24.5. The Balaban J connectivity index is 1.49. The van der Waals surface area contributed by atoms with E-state index in [0.29, 0.717) is 28.7 Å². The first-order chi connectivity index (χ1) is 17.0. The highest BCUT2D eigenvalue weighted by molar-refractivity contribution is 8.02. The number of ether oxygens (including phenoxy) is 2. The van der Waals surface area contributed by atoms with E-state index in [1.165, 1.54) is 36.8 Å². The van der Waals surface area contributed by atoms with Crippen molar-refractivity contribution in [1.29, 1.82) is 0 Å². The van der Waals surface area contributed by atoms with Gasteiger partial charge < -0.3 is 19.2 Å². The number of amides is 4. The van der Waals surface area contributed by atoms with Crippen LogP contribution in [0.15, 0.2) is 70.2 Å². The first-order valence-electron chi connectivity index (χ1n) is 10.8. The predicted octanol–water partition coefficient (Wildman–Crippen LogP) is 3.37. The van der Waals surface area contributed by atoms with E-state index in [1.807, 2.05) is 24.3 Å². The maximum Gasteiger partial charge on any atom is 0.501 e. The minimum absolute atomic E-state index is 0.0173. The molecule has 1 N–H and O–H groups in total. The number of nitrogens with one attached hydrogen (secondary N) is 1. The third-order valence-electron chi connectivity index (χ3n) is 5.73. The molecule has 0 bridgehead atoms. The van der Waals surface area contributed by atoms with E-state index >= 15 is 0 Å². The predicted molar refractivity (Wildman–Crippen MR) is 128 cm³/mol. The van der Waals surface area contributed by atoms with E-state index in [-0.39, 0.29) is 19.0 Å². The normalized spacial score (nSPS) is 16.7. The van der Waals surface area contributed by atoms with E-state index in [4.69, 9.17) is 13.9 Å². The number of hydrogen-bond acceptors (Lipinski definition) is 7. The van der Waals surface area contributed by atoms with Crippen molar-refractivity contribution in [3.05, 3.63) is 72.2 Å². The lowest BCUT2D eigenvalue weighted by molar-refractivity contribution is -0.426. The van der Waals surface area contributed by atoms with Crippen molar-refractivity contribution in [3.63, 3.8) is 0 Å². The van der Waals surface area contributed by atoms with Crippen molar-refractivity contribution in [2.24, 2.45) is 0 Å². The van der Waals surface area contributed by atoms with Crippen LogP contribution >= 0.6 is 11.8 Å². The van der Waals surface area contributed by atoms with Crippen LogP contribution in [0, 0.1) is 0 Å². The van der Waals surface area contributed by atoms with Gasteiger partial charge in [-0.3, -0.25) is 4.79 Å². The van der Waals surface area contributed by atoms with Gasteiger partial charge in [-0.2, -0.15) is 14.3 Å². The van der Waals surface area contributed by atoms with Crippen LogP contribution in [0.25, 0.3) is 0 Å². The third kappa shape index (κ3) is 4.28. The van der Waals surface area contributed by atoms with Gasteiger partial charge in [-0.1, -0.05) is 12.1 Å². The Labute approximate surface area is 205 Å². The summed E-state index contributed by atoms with van der Waals surface area (Å²) in [6.45, 7) is -0.294. The fourth-order valence-electron chi connectivity index (χ4n) is 4.12. The van der Waals surface area contributed by atoms with Crippen LogP contribution in [0.5, 0.6) is 11.5 Å². The van der Waals surface area contributed by atoms with E-state index in [2.05, 4.69) is 5.32 Å². The van der Waals surface area contributed by atoms with E-state index in [1.54, 1.807) is 30.3 Å². The van der Waals surface area contributed by atoms with Gasteiger partial charge in [0.15, 0.2) is 18.3 Å². The molecule has 2 aliphatic rings. The Morgan fingerprint density at radius 1 is 1.09 bits per heavy atom. The molecule has 5 rings (SSSR count). The number of rotatable bonds is 7. The van der Waals surface area contributed by atoms with Crippen molar-refractivity contribution in [2.45, 2.75) is 16.7 Å². The molecule has 35 heavy (non-hydrogen) atoms. The maximum absolute atomic E-state index is 13.5. The number of urea groups is 1. The van der Waals surface area contributed by atoms with Crippen molar-refractivity contribution < 1.29 is 32.9 Å². The summed E-state index contributed by atoms with van der Waals surface area (Å²) in [5.41, 5.74) is 1.76. The summed E-state index contributed by atoms with van der Waals surface area (Å²) >= 11 is 1.37. The molecule has 4 amide bonds. The summed E-state index contributed by atoms with van der Waals surface area (Å²) < 4.78 is 17.3. The molecule has 0 aliphatic carbocycles. The molecule has 3 aromatic rings. The molecule has 0 spiro atoms. The Morgan fingerprint density at radius 3 is 2.51 bits per heavy atom. The highest BCUT2D eigenvalue weighted by atomic mass is 32.2. The highest BCUT2D eigenvalue weighted by Crippen LogP contribution is 2.40. The summed E-state index contributed by atoms with van der Waals surface area (Å²) in [6, 6.07) is 15.3. The van der Waals surface area contributed by atoms with Gasteiger partial charge in [0, 0.05) is 34.3 Å². The summed E-state index contributed by atoms with van der Waals surface area (Å²) in [4.78, 5) is 42.0. The fraction of sp³-hybridized carbons (Fsp3) is 0.200. The molecule has 10 heteroatoms. The molecule has 9 nitrogen and oxygen atoms in total. The number of furan rings is 1. The van der Waals surface area contributed by atoms with Gasteiger partial charge in [0.05, 0.1) is 20.5 Å². The van der Waals surface area contributed by atoms with Crippen LogP contribution in [0.1, 0.15) is 11.3 Å². The lowest BCUT2D eigenvalue weighted by Crippen LogP contribution is -2.56. The van der Waals surface area contributed by atoms with Gasteiger partial charge in [-0.05, 0) is 24.3 Å². The second-order valence-electron chi connectivity index (χ2n) is 7.90. The van der Waals surface area contributed by atoms with Crippen molar-refractivity contribution in [1.82, 2.24) is 4.90 Å². The minimum atomic E-state index is -0.634. The Morgan fingerprint density at radius 2 is 1.83 bits per heavy atom. The number of anilines is 1. The van der Waals surface area contributed by atoms with Crippen molar-refractivity contribution in [2.75, 3.05) is 26.1 Å². The maximum atomic E-state index is 13.5. The van der Waals surface area contributed by atoms with Crippen LogP contribution in [-0.2, 0) is 16.1 Å². The van der Waals surface area contributed by atoms with E-state index < -0.39 is 17.2 Å². The first-order valence-corrected chi connectivity index (χ1v) is 11.7. The molecule has 2 aliphatic heterocycles. The Hall–Kier alpha value is -4.05. The lowest BCUT2D eigenvalue weighted by Gasteiger charge is -2.24. The number of thioether (sulfide) groups is 1. The van der Waals surface area contributed by atoms with Crippen LogP contribution in [0.3, 0.4) is 0 Å². The van der Waals surface area contributed by atoms with Gasteiger partial charge in [0.2, 0.25) is 0 Å². The summed E-state index contributed by atoms with van der Waals surface area (Å²) in [6.07, 6.45) is 1.49. The average molecular weight is 493 g/mol. The number of carbonyl (C=O) groups excluding carboxylic acids is 3. The molecule has 1 atom stereocenters. The van der Waals surface area contributed by atoms with Gasteiger partial charge in [0.25, 0.3) is 5.91 Å². The number of nitrogens with zero attached hydrogens (tertiary/aromatic N) is 2. The number of carbonyl (C=O) groups is 3. The number of benzene rings is 2. The second kappa shape index (κ2) is 9.30. The third-order valence-corrected chi connectivity index (χ3v) is 7.00. The number of fused-ring (bicyclic) bond motifs is 3. The molecule has 178 valence electrons. The molecule has 0 fully saturated rings. The summed E-state index contributed by atoms with van der Waals surface area (Å²) in [5.74, 6) is 0.737. The molecule has 0 saturated heterocycles. The van der Waals surface area contributed by atoms with Gasteiger partial charge in [0.1, 0.15) is 23.0 Å². The standard InChI is InChI=1S/C25H21N3O6S/c1-32-17-10-15(11-18(12-17)33-2)26-21(29)14-27-22-19-7-3-4-8-20(19)35-23(22)24(30)28(25(27)31)13-16-6-5-9-34-16/h3-12,23H,13-14H2,1-2H3/p+1. The molecule has 3 heterocycles. The monoisotopic (exact) mass is 492 g/mol. The summed E-state index contributed by atoms with van der Waals surface area (Å²) in [5, 5.41) is 2.17. The quantitative estimate of drug-likeness (QED) is 0.505. The van der Waals surface area contributed by atoms with E-state index in [0.717, 1.165) is 15.4 Å². The average Bonchev–Trinajstić information content (AvgIpc) is 3.52. The zero-order valence-corrected chi connectivity index (χ0v) is 19.8. The first kappa shape index (κ1) is 22.7. The molecule has 1 unspecified atom stereocenters. The SMILES string of the molecule is COc1cc(NC(=O)C[N+]2=C3c4ccccc4SC3C(=O)N(Cc3ccco3)C2=O)cc(OC)c1. The second-order valence-corrected chi connectivity index (χ2v) is 9.05. The van der Waals surface area contributed by atoms with Crippen LogP contribution < -0.4 is 14.8 Å². The lowest BCUT2D eigenvalue weighted by atomic mass is 10.0. The van der Waals surface area contributed by atoms with Gasteiger partial charge >= 0.3 is 11.9 Å². The molecular formula is C25H22N3O6S+. The molecule has 0 radical (unpaired) electrons. The van der Waals surface area contributed by atoms with Gasteiger partial charge in [-0.25, -0.2) is 4.79 Å². The minimum Gasteiger partial charge on any atom is -0.497 e. The molecular weight excluding hydrogens is 470 g/mol. The number of hydrogen-bond donors (Lipinski definition) is 1. The Kier molecular flexibility index (Phi) is 6.04. The Bertz CT molecular complexity index is 1330. The summed E-state index contributed by atoms with van der Waals surface area (Å²) in [7, 11) is 3.03. The smallest absolute Gasteiger partial charge is 0.497 e. The molecule has 1 aromatic heterocycles. The van der Waals surface area contributed by atoms with Crippen LogP contribution in [-0.4, -0.2) is 59.0 Å². The topological polar surface area (TPSA) is 101 Å². The molecule has 0 saturated carbocycles. The van der Waals surface area contributed by atoms with Crippen molar-refractivity contribution >= 4 is 41.0 Å². The van der Waals surface area contributed by atoms with Crippen molar-refractivity contribution in [3.8, 4) is 11.5 Å². The van der Waals surface area contributed by atoms with E-state index in [9.17, 15) is 14.4 Å².